The van der Waals surface area contributed by atoms with Gasteiger partial charge in [-0.25, -0.2) is 22.0 Å². The molecule has 176 valence electrons. The molecule has 0 fully saturated rings. The van der Waals surface area contributed by atoms with Gasteiger partial charge in [0.25, 0.3) is 0 Å². The van der Waals surface area contributed by atoms with Crippen LogP contribution in [0.15, 0.2) is 66.5 Å². The lowest BCUT2D eigenvalue weighted by molar-refractivity contribution is -0.224. The molecule has 0 saturated carbocycles. The van der Waals surface area contributed by atoms with Crippen LogP contribution in [0.5, 0.6) is 0 Å². The van der Waals surface area contributed by atoms with E-state index in [0.717, 1.165) is 42.5 Å². The molecule has 0 N–H and O–H groups in total. The highest BCUT2D eigenvalue weighted by Crippen LogP contribution is 2.39. The highest BCUT2D eigenvalue weighted by Gasteiger charge is 2.41. The van der Waals surface area contributed by atoms with E-state index in [4.69, 9.17) is 0 Å². The van der Waals surface area contributed by atoms with Crippen molar-refractivity contribution in [2.45, 2.75) is 32.3 Å². The molecule has 1 unspecified atom stereocenters. The summed E-state index contributed by atoms with van der Waals surface area (Å²) in [4.78, 5) is 0. The molecule has 0 spiro atoms. The number of benzene rings is 2. The van der Waals surface area contributed by atoms with Gasteiger partial charge in [0, 0.05) is 6.08 Å². The molecule has 33 heavy (non-hydrogen) atoms. The summed E-state index contributed by atoms with van der Waals surface area (Å²) in [5, 5.41) is 0. The average molecular weight is 470 g/mol. The third-order valence-electron chi connectivity index (χ3n) is 5.52. The lowest BCUT2D eigenvalue weighted by Gasteiger charge is -2.20. The standard InChI is InChI=1S/C25H21F7O/c1-3-15-8-16-4-5-17(10-18(16)9-15)19-11-22(29)24(23(30)12-19)25(31,32)33-20(6-7-26)13-21(28)14(2)27/h4-6,10-13,15H,2-3,7-9H2,1H3/b20-6+,21-13+. The van der Waals surface area contributed by atoms with Crippen LogP contribution < -0.4 is 0 Å². The van der Waals surface area contributed by atoms with Gasteiger partial charge in [-0.2, -0.15) is 8.78 Å². The van der Waals surface area contributed by atoms with Gasteiger partial charge < -0.3 is 4.74 Å². The molecule has 3 rings (SSSR count). The molecule has 1 nitrogen and oxygen atoms in total. The van der Waals surface area contributed by atoms with Crippen LogP contribution in [0.1, 0.15) is 30.0 Å². The van der Waals surface area contributed by atoms with E-state index >= 15 is 0 Å². The molecular weight excluding hydrogens is 449 g/mol. The van der Waals surface area contributed by atoms with Gasteiger partial charge >= 0.3 is 6.11 Å². The summed E-state index contributed by atoms with van der Waals surface area (Å²) >= 11 is 0. The van der Waals surface area contributed by atoms with Gasteiger partial charge in [0.2, 0.25) is 0 Å². The number of fused-ring (bicyclic) bond motifs is 1. The zero-order valence-electron chi connectivity index (χ0n) is 17.7. The zero-order valence-corrected chi connectivity index (χ0v) is 17.7. The normalized spacial score (nSPS) is 16.7. The molecule has 8 heteroatoms. The summed E-state index contributed by atoms with van der Waals surface area (Å²) < 4.78 is 101. The van der Waals surface area contributed by atoms with Crippen molar-refractivity contribution in [3.8, 4) is 11.1 Å². The Kier molecular flexibility index (Phi) is 7.34. The van der Waals surface area contributed by atoms with E-state index in [1.807, 2.05) is 6.07 Å². The fraction of sp³-hybridized carbons (Fsp3) is 0.280. The fourth-order valence-electron chi connectivity index (χ4n) is 3.80. The minimum atomic E-state index is -4.64. The van der Waals surface area contributed by atoms with E-state index in [1.54, 1.807) is 12.1 Å². The number of allylic oxidation sites excluding steroid dienone is 4. The number of rotatable bonds is 8. The van der Waals surface area contributed by atoms with E-state index in [1.165, 1.54) is 0 Å². The summed E-state index contributed by atoms with van der Waals surface area (Å²) in [7, 11) is 0. The van der Waals surface area contributed by atoms with Crippen LogP contribution in [0.25, 0.3) is 11.1 Å². The van der Waals surface area contributed by atoms with Gasteiger partial charge in [-0.05, 0) is 59.2 Å². The zero-order chi connectivity index (χ0) is 24.3. The first-order valence-corrected chi connectivity index (χ1v) is 10.2. The molecule has 0 radical (unpaired) electrons. The van der Waals surface area contributed by atoms with Gasteiger partial charge in [0.1, 0.15) is 29.6 Å². The van der Waals surface area contributed by atoms with E-state index in [2.05, 4.69) is 18.2 Å². The Morgan fingerprint density at radius 2 is 1.70 bits per heavy atom. The molecule has 0 heterocycles. The maximum atomic E-state index is 14.7. The van der Waals surface area contributed by atoms with Crippen molar-refractivity contribution < 1.29 is 35.5 Å². The second-order valence-electron chi connectivity index (χ2n) is 7.76. The summed E-state index contributed by atoms with van der Waals surface area (Å²) in [6.45, 7) is 3.33. The third kappa shape index (κ3) is 5.49. The molecule has 1 aliphatic carbocycles. The molecule has 0 aromatic heterocycles. The maximum absolute atomic E-state index is 14.7. The monoisotopic (exact) mass is 470 g/mol. The topological polar surface area (TPSA) is 9.23 Å². The fourth-order valence-corrected chi connectivity index (χ4v) is 3.80. The number of ether oxygens (including phenoxy) is 1. The predicted octanol–water partition coefficient (Wildman–Crippen LogP) is 8.01. The van der Waals surface area contributed by atoms with Crippen LogP contribution in [-0.2, 0) is 23.7 Å². The molecule has 0 bridgehead atoms. The number of hydrogen-bond donors (Lipinski definition) is 0. The smallest absolute Gasteiger partial charge is 0.429 e. The van der Waals surface area contributed by atoms with E-state index < -0.39 is 47.4 Å². The van der Waals surface area contributed by atoms with Crippen molar-refractivity contribution in [3.63, 3.8) is 0 Å². The molecule has 0 amide bonds. The van der Waals surface area contributed by atoms with Crippen molar-refractivity contribution in [3.05, 3.63) is 94.8 Å². The van der Waals surface area contributed by atoms with E-state index in [0.29, 0.717) is 17.6 Å². The van der Waals surface area contributed by atoms with Crippen molar-refractivity contribution in [1.29, 1.82) is 0 Å². The molecule has 2 aromatic carbocycles. The lowest BCUT2D eigenvalue weighted by Crippen LogP contribution is -2.21. The number of halogens is 7. The van der Waals surface area contributed by atoms with Crippen LogP contribution in [0, 0.1) is 17.6 Å². The van der Waals surface area contributed by atoms with E-state index in [-0.39, 0.29) is 11.6 Å². The lowest BCUT2D eigenvalue weighted by atomic mass is 9.98. The average Bonchev–Trinajstić information content (AvgIpc) is 3.15. The molecule has 2 aromatic rings. The Balaban J connectivity index is 1.93. The van der Waals surface area contributed by atoms with Crippen molar-refractivity contribution in [2.24, 2.45) is 5.92 Å². The molecular formula is C25H21F7O. The molecule has 1 aliphatic rings. The van der Waals surface area contributed by atoms with Crippen molar-refractivity contribution in [2.75, 3.05) is 6.67 Å². The van der Waals surface area contributed by atoms with Crippen LogP contribution >= 0.6 is 0 Å². The van der Waals surface area contributed by atoms with Gasteiger partial charge in [-0.15, -0.1) is 0 Å². The quantitative estimate of drug-likeness (QED) is 0.216. The maximum Gasteiger partial charge on any atom is 0.432 e. The minimum Gasteiger partial charge on any atom is -0.429 e. The Hall–Kier alpha value is -3.03. The molecule has 0 saturated heterocycles. The van der Waals surface area contributed by atoms with E-state index in [9.17, 15) is 30.7 Å². The number of alkyl halides is 3. The first-order valence-electron chi connectivity index (χ1n) is 10.2. The molecule has 1 atom stereocenters. The Bertz CT molecular complexity index is 1090. The van der Waals surface area contributed by atoms with Crippen LogP contribution in [0.3, 0.4) is 0 Å². The first kappa shape index (κ1) is 24.6. The van der Waals surface area contributed by atoms with Gasteiger partial charge in [-0.1, -0.05) is 38.1 Å². The van der Waals surface area contributed by atoms with Crippen LogP contribution in [0.2, 0.25) is 0 Å². The second kappa shape index (κ2) is 9.85. The second-order valence-corrected chi connectivity index (χ2v) is 7.76. The van der Waals surface area contributed by atoms with Crippen molar-refractivity contribution >= 4 is 0 Å². The first-order chi connectivity index (χ1) is 15.6. The van der Waals surface area contributed by atoms with Crippen LogP contribution in [0.4, 0.5) is 30.7 Å². The van der Waals surface area contributed by atoms with Gasteiger partial charge in [0.05, 0.1) is 0 Å². The summed E-state index contributed by atoms with van der Waals surface area (Å²) in [5.74, 6) is -7.22. The third-order valence-corrected chi connectivity index (χ3v) is 5.52. The van der Waals surface area contributed by atoms with Crippen LogP contribution in [-0.4, -0.2) is 6.67 Å². The summed E-state index contributed by atoms with van der Waals surface area (Å²) in [6, 6.07) is 6.78. The minimum absolute atomic E-state index is 0.0477. The van der Waals surface area contributed by atoms with Crippen molar-refractivity contribution in [1.82, 2.24) is 0 Å². The van der Waals surface area contributed by atoms with Gasteiger partial charge in [0.15, 0.2) is 11.7 Å². The Labute approximate surface area is 186 Å². The predicted molar refractivity (Wildman–Crippen MR) is 111 cm³/mol. The number of hydrogen-bond acceptors (Lipinski definition) is 1. The largest absolute Gasteiger partial charge is 0.432 e. The van der Waals surface area contributed by atoms with Gasteiger partial charge in [-0.3, -0.25) is 0 Å². The highest BCUT2D eigenvalue weighted by atomic mass is 19.3. The Morgan fingerprint density at radius 1 is 1.06 bits per heavy atom. The summed E-state index contributed by atoms with van der Waals surface area (Å²) in [5.41, 5.74) is 0.958. The Morgan fingerprint density at radius 3 is 2.27 bits per heavy atom. The SMILES string of the molecule is C=C(F)/C(F)=C\C(=C/CF)OC(F)(F)c1c(F)cc(-c2ccc3c(c2)CC(CC)C3)cc1F. The molecule has 0 aliphatic heterocycles. The highest BCUT2D eigenvalue weighted by molar-refractivity contribution is 5.66. The summed E-state index contributed by atoms with van der Waals surface area (Å²) in [6.07, 6.45) is -1.45.